The number of rotatable bonds is 10. The van der Waals surface area contributed by atoms with Crippen LogP contribution in [-0.4, -0.2) is 58.2 Å². The van der Waals surface area contributed by atoms with Gasteiger partial charge in [-0.1, -0.05) is 6.07 Å². The van der Waals surface area contributed by atoms with Crippen LogP contribution in [0.15, 0.2) is 59.5 Å². The van der Waals surface area contributed by atoms with Gasteiger partial charge in [0.15, 0.2) is 5.50 Å². The van der Waals surface area contributed by atoms with Gasteiger partial charge in [0.2, 0.25) is 0 Å². The fraction of sp³-hybridized carbons (Fsp3) is 0.323. The number of amides is 1. The van der Waals surface area contributed by atoms with E-state index in [9.17, 15) is 9.59 Å². The summed E-state index contributed by atoms with van der Waals surface area (Å²) in [6.45, 7) is 2.52. The summed E-state index contributed by atoms with van der Waals surface area (Å²) in [5.74, 6) is -0.186. The van der Waals surface area contributed by atoms with Crippen LogP contribution in [0.1, 0.15) is 46.2 Å². The molecule has 1 saturated heterocycles. The molecule has 4 heterocycles. The van der Waals surface area contributed by atoms with Crippen LogP contribution in [0.4, 0.5) is 4.39 Å². The summed E-state index contributed by atoms with van der Waals surface area (Å²) in [7, 11) is 3.23. The molecule has 0 aliphatic carbocycles. The summed E-state index contributed by atoms with van der Waals surface area (Å²) in [5.41, 5.74) is 7.30. The molecule has 44 heavy (non-hydrogen) atoms. The number of carbonyl (C=O) groups excluding carboxylic acids is 1. The maximum atomic E-state index is 15.0. The summed E-state index contributed by atoms with van der Waals surface area (Å²) >= 11 is 4.37. The Morgan fingerprint density at radius 1 is 1.25 bits per heavy atom. The number of benzene rings is 2. The predicted octanol–water partition coefficient (Wildman–Crippen LogP) is 2.72. The monoisotopic (exact) mass is 617 g/mol. The predicted molar refractivity (Wildman–Crippen MR) is 167 cm³/mol. The first-order valence-corrected chi connectivity index (χ1v) is 14.9. The number of methoxy groups -OCH3 is 1. The fourth-order valence-electron chi connectivity index (χ4n) is 5.84. The van der Waals surface area contributed by atoms with E-state index in [0.717, 1.165) is 27.9 Å². The molecule has 6 rings (SSSR count). The minimum Gasteiger partial charge on any atom is -0.496 e. The highest BCUT2D eigenvalue weighted by atomic mass is 32.1. The van der Waals surface area contributed by atoms with E-state index < -0.39 is 11.3 Å². The Morgan fingerprint density at radius 2 is 2.09 bits per heavy atom. The minimum absolute atomic E-state index is 0.133. The van der Waals surface area contributed by atoms with Crippen LogP contribution >= 0.6 is 12.6 Å². The summed E-state index contributed by atoms with van der Waals surface area (Å²) in [6.07, 6.45) is 2.96. The van der Waals surface area contributed by atoms with Crippen molar-refractivity contribution in [3.63, 3.8) is 0 Å². The maximum absolute atomic E-state index is 15.0. The van der Waals surface area contributed by atoms with Crippen molar-refractivity contribution in [3.8, 4) is 17.0 Å². The van der Waals surface area contributed by atoms with Crippen LogP contribution in [0.5, 0.6) is 5.75 Å². The number of hydrogen-bond donors (Lipinski definition) is 5. The molecule has 3 unspecified atom stereocenters. The number of ether oxygens (including phenoxy) is 1. The number of fused-ring (bicyclic) bond motifs is 1. The van der Waals surface area contributed by atoms with Crippen molar-refractivity contribution in [2.75, 3.05) is 26.1 Å². The largest absolute Gasteiger partial charge is 0.512 e. The van der Waals surface area contributed by atoms with Gasteiger partial charge in [-0.2, -0.15) is 10.5 Å². The van der Waals surface area contributed by atoms with Gasteiger partial charge in [0.25, 0.3) is 5.91 Å². The van der Waals surface area contributed by atoms with Crippen LogP contribution < -0.4 is 31.0 Å². The number of aromatic nitrogens is 4. The SMILES string of the molecule is CNC(S)N[n+]1c(C2CCC(NC(=O)c3ccc4[nH]nc(-c5ccnc(C)c5)c4c3)CN2Cc2c(F)cccc2OC)c1=O. The smallest absolute Gasteiger partial charge is 0.496 e. The molecule has 11 nitrogen and oxygen atoms in total. The second-order valence-electron chi connectivity index (χ2n) is 11.0. The molecule has 3 atom stereocenters. The van der Waals surface area contributed by atoms with Crippen LogP contribution in [0.2, 0.25) is 0 Å². The number of piperidine rings is 1. The lowest BCUT2D eigenvalue weighted by Crippen LogP contribution is -2.52. The van der Waals surface area contributed by atoms with Crippen LogP contribution in [0, 0.1) is 12.7 Å². The first kappa shape index (κ1) is 29.7. The lowest BCUT2D eigenvalue weighted by Gasteiger charge is -2.37. The molecule has 3 aromatic heterocycles. The molecule has 1 aliphatic rings. The van der Waals surface area contributed by atoms with E-state index in [4.69, 9.17) is 4.74 Å². The van der Waals surface area contributed by atoms with E-state index in [-0.39, 0.29) is 30.1 Å². The molecule has 1 fully saturated rings. The number of carbonyl (C=O) groups is 1. The van der Waals surface area contributed by atoms with E-state index in [1.54, 1.807) is 31.4 Å². The van der Waals surface area contributed by atoms with E-state index in [1.165, 1.54) is 17.9 Å². The maximum Gasteiger partial charge on any atom is 0.512 e. The van der Waals surface area contributed by atoms with E-state index in [0.29, 0.717) is 42.0 Å². The molecule has 0 saturated carbocycles. The molecule has 1 aliphatic heterocycles. The Labute approximate surface area is 258 Å². The summed E-state index contributed by atoms with van der Waals surface area (Å²) in [4.78, 5) is 32.6. The average Bonchev–Trinajstić information content (AvgIpc) is 3.43. The van der Waals surface area contributed by atoms with E-state index >= 15 is 4.39 Å². The van der Waals surface area contributed by atoms with Gasteiger partial charge < -0.3 is 10.1 Å². The van der Waals surface area contributed by atoms with Gasteiger partial charge in [0.1, 0.15) is 23.3 Å². The number of likely N-dealkylation sites (tertiary alicyclic amines) is 1. The fourth-order valence-corrected chi connectivity index (χ4v) is 5.95. The normalized spacial score (nSPS) is 18.0. The topological polar surface area (TPSA) is 128 Å². The second kappa shape index (κ2) is 12.3. The van der Waals surface area contributed by atoms with Crippen molar-refractivity contribution in [1.82, 2.24) is 30.7 Å². The molecule has 0 bridgehead atoms. The number of nitrogens with one attached hydrogen (secondary N) is 4. The van der Waals surface area contributed by atoms with Gasteiger partial charge in [-0.3, -0.25) is 25.1 Å². The number of aryl methyl sites for hydroxylation is 1. The van der Waals surface area contributed by atoms with Crippen molar-refractivity contribution in [3.05, 3.63) is 93.4 Å². The van der Waals surface area contributed by atoms with Crippen molar-refractivity contribution >= 4 is 29.4 Å². The lowest BCUT2D eigenvalue weighted by atomic mass is 9.95. The minimum atomic E-state index is -0.414. The molecule has 13 heteroatoms. The molecule has 5 aromatic rings. The third-order valence-corrected chi connectivity index (χ3v) is 8.50. The van der Waals surface area contributed by atoms with Crippen molar-refractivity contribution in [2.24, 2.45) is 0 Å². The highest BCUT2D eigenvalue weighted by molar-refractivity contribution is 7.81. The Kier molecular flexibility index (Phi) is 8.34. The van der Waals surface area contributed by atoms with Crippen molar-refractivity contribution < 1.29 is 18.6 Å². The Morgan fingerprint density at radius 3 is 2.86 bits per heavy atom. The zero-order valence-corrected chi connectivity index (χ0v) is 25.5. The number of thiol groups is 1. The molecule has 228 valence electrons. The van der Waals surface area contributed by atoms with Crippen LogP contribution in [0.25, 0.3) is 22.2 Å². The molecular weight excluding hydrogens is 583 g/mol. The highest BCUT2D eigenvalue weighted by Gasteiger charge is 2.49. The Hall–Kier alpha value is -4.33. The zero-order chi connectivity index (χ0) is 31.0. The standard InChI is InChI=1S/C31H33FN8O3S/c1-17-13-18(11-12-34-17)27-21-14-19(7-9-24(21)36-37-27)29(41)35-20-8-10-25(28-30(42)40(28)38-31(44)33-2)39(15-20)16-22-23(32)5-4-6-26(22)43-3/h4-7,9,11-14,20,25,31,33,38H,8,10,15-16H2,1-3H3,(H2-,35,36,37,41,44)/p+1. The highest BCUT2D eigenvalue weighted by Crippen LogP contribution is 2.34. The molecule has 2 aromatic carbocycles. The zero-order valence-electron chi connectivity index (χ0n) is 24.6. The van der Waals surface area contributed by atoms with E-state index in [2.05, 4.69) is 43.9 Å². The van der Waals surface area contributed by atoms with Crippen molar-refractivity contribution in [2.45, 2.75) is 43.9 Å². The Bertz CT molecular complexity index is 1830. The second-order valence-corrected chi connectivity index (χ2v) is 11.5. The molecular formula is C31H34FN8O3S+. The lowest BCUT2D eigenvalue weighted by molar-refractivity contribution is -0.606. The molecule has 0 spiro atoms. The summed E-state index contributed by atoms with van der Waals surface area (Å²) < 4.78 is 21.9. The quantitative estimate of drug-likeness (QED) is 0.0920. The van der Waals surface area contributed by atoms with Gasteiger partial charge in [0.05, 0.1) is 12.6 Å². The van der Waals surface area contributed by atoms with Gasteiger partial charge in [-0.25, -0.2) is 9.18 Å². The van der Waals surface area contributed by atoms with Gasteiger partial charge in [-0.05, 0) is 74.0 Å². The first-order chi connectivity index (χ1) is 21.3. The third-order valence-electron chi connectivity index (χ3n) is 8.13. The van der Waals surface area contributed by atoms with Crippen LogP contribution in [0.3, 0.4) is 0 Å². The number of aromatic amines is 1. The van der Waals surface area contributed by atoms with E-state index in [1.807, 2.05) is 36.1 Å². The van der Waals surface area contributed by atoms with Gasteiger partial charge in [-0.15, -0.1) is 12.6 Å². The van der Waals surface area contributed by atoms with Gasteiger partial charge in [0, 0.05) is 53.1 Å². The number of halogens is 1. The third kappa shape index (κ3) is 5.90. The van der Waals surface area contributed by atoms with Gasteiger partial charge >= 0.3 is 11.3 Å². The van der Waals surface area contributed by atoms with Crippen molar-refractivity contribution in [1.29, 1.82) is 0 Å². The summed E-state index contributed by atoms with van der Waals surface area (Å²) in [6, 6.07) is 13.5. The van der Waals surface area contributed by atoms with Crippen LogP contribution in [-0.2, 0) is 6.54 Å². The number of hydrogen-bond acceptors (Lipinski definition) is 9. The number of nitrogens with zero attached hydrogens (tertiary/aromatic N) is 4. The molecule has 0 radical (unpaired) electrons. The first-order valence-electron chi connectivity index (χ1n) is 14.4. The number of pyridine rings is 1. The average molecular weight is 618 g/mol. The Balaban J connectivity index is 1.24. The molecule has 4 N–H and O–H groups in total. The molecule has 1 amide bonds. The summed E-state index contributed by atoms with van der Waals surface area (Å²) in [5, 5.41) is 14.5. The number of H-pyrrole nitrogens is 1.